The van der Waals surface area contributed by atoms with E-state index >= 15 is 0 Å². The highest BCUT2D eigenvalue weighted by Crippen LogP contribution is 2.50. The van der Waals surface area contributed by atoms with Gasteiger partial charge in [-0.2, -0.15) is 0 Å². The van der Waals surface area contributed by atoms with E-state index < -0.39 is 12.6 Å². The molecule has 0 unspecified atom stereocenters. The van der Waals surface area contributed by atoms with Gasteiger partial charge in [0.25, 0.3) is 6.43 Å². The van der Waals surface area contributed by atoms with Crippen LogP contribution in [0, 0.1) is 5.92 Å². The third kappa shape index (κ3) is 3.42. The van der Waals surface area contributed by atoms with Crippen molar-refractivity contribution in [3.8, 4) is 0 Å². The Hall–Kier alpha value is -2.31. The predicted octanol–water partition coefficient (Wildman–Crippen LogP) is 5.39. The Morgan fingerprint density at radius 1 is 1.14 bits per heavy atom. The summed E-state index contributed by atoms with van der Waals surface area (Å²) in [5.41, 5.74) is 1.18. The highest BCUT2D eigenvalue weighted by molar-refractivity contribution is 5.60. The Kier molecular flexibility index (Phi) is 4.93. The summed E-state index contributed by atoms with van der Waals surface area (Å²) in [7, 11) is 0. The topological polar surface area (TPSA) is 41.1 Å². The van der Waals surface area contributed by atoms with Crippen molar-refractivity contribution in [2.45, 2.75) is 51.1 Å². The summed E-state index contributed by atoms with van der Waals surface area (Å²) in [4.78, 5) is 10.7. The van der Waals surface area contributed by atoms with Gasteiger partial charge in [-0.25, -0.2) is 23.1 Å². The normalized spacial score (nSPS) is 18.9. The number of halogens is 3. The number of aromatic nitrogens is 2. The standard InChI is InChI=1S/C21H25F3N4/c1-13(2)21(5-3-6-21)15-9-18(27-19(10-15)28-11-16(22)12-28)26-17-8-14(20(23)24)4-7-25-17/h4,7-10,13,16,20H,3,5-6,11-12H2,1-2H3,(H,25,26,27). The molecule has 2 aromatic heterocycles. The van der Waals surface area contributed by atoms with Gasteiger partial charge in [0.15, 0.2) is 0 Å². The minimum Gasteiger partial charge on any atom is -0.351 e. The van der Waals surface area contributed by atoms with Crippen molar-refractivity contribution in [2.75, 3.05) is 23.3 Å². The van der Waals surface area contributed by atoms with E-state index in [9.17, 15) is 13.2 Å². The Balaban J connectivity index is 1.69. The second kappa shape index (κ2) is 7.26. The summed E-state index contributed by atoms with van der Waals surface area (Å²) in [6, 6.07) is 6.70. The molecule has 0 aromatic carbocycles. The van der Waals surface area contributed by atoms with Crippen LogP contribution < -0.4 is 10.2 Å². The van der Waals surface area contributed by atoms with E-state index in [0.717, 1.165) is 18.7 Å². The molecule has 28 heavy (non-hydrogen) atoms. The molecule has 150 valence electrons. The molecule has 1 saturated heterocycles. The van der Waals surface area contributed by atoms with Crippen LogP contribution in [-0.4, -0.2) is 29.2 Å². The number of alkyl halides is 3. The first-order valence-corrected chi connectivity index (χ1v) is 9.80. The van der Waals surface area contributed by atoms with Gasteiger partial charge in [-0.15, -0.1) is 0 Å². The van der Waals surface area contributed by atoms with Gasteiger partial charge in [0.1, 0.15) is 23.6 Å². The summed E-state index contributed by atoms with van der Waals surface area (Å²) >= 11 is 0. The van der Waals surface area contributed by atoms with Gasteiger partial charge in [-0.1, -0.05) is 20.3 Å². The van der Waals surface area contributed by atoms with Gasteiger partial charge in [0.05, 0.1) is 13.1 Å². The van der Waals surface area contributed by atoms with E-state index in [1.165, 1.54) is 30.3 Å². The number of nitrogens with one attached hydrogen (secondary N) is 1. The Bertz CT molecular complexity index is 845. The first kappa shape index (κ1) is 19.0. The quantitative estimate of drug-likeness (QED) is 0.718. The van der Waals surface area contributed by atoms with Crippen LogP contribution in [0.2, 0.25) is 0 Å². The fourth-order valence-corrected chi connectivity index (χ4v) is 4.18. The molecule has 0 bridgehead atoms. The van der Waals surface area contributed by atoms with Crippen LogP contribution in [0.4, 0.5) is 30.6 Å². The average Bonchev–Trinajstić information content (AvgIpc) is 2.57. The van der Waals surface area contributed by atoms with Crippen LogP contribution in [0.25, 0.3) is 0 Å². The maximum Gasteiger partial charge on any atom is 0.264 e. The molecule has 0 amide bonds. The molecule has 4 rings (SSSR count). The molecule has 1 saturated carbocycles. The second-order valence-corrected chi connectivity index (χ2v) is 8.17. The minimum absolute atomic E-state index is 0.0884. The molecule has 2 aliphatic rings. The monoisotopic (exact) mass is 390 g/mol. The van der Waals surface area contributed by atoms with Crippen LogP contribution in [0.15, 0.2) is 30.5 Å². The molecular formula is C21H25F3N4. The van der Waals surface area contributed by atoms with Crippen molar-refractivity contribution in [2.24, 2.45) is 5.92 Å². The average molecular weight is 390 g/mol. The van der Waals surface area contributed by atoms with Gasteiger partial charge in [-0.05, 0) is 54.0 Å². The fraction of sp³-hybridized carbons (Fsp3) is 0.524. The van der Waals surface area contributed by atoms with E-state index in [2.05, 4.69) is 35.2 Å². The molecule has 4 nitrogen and oxygen atoms in total. The third-order valence-electron chi connectivity index (χ3n) is 6.19. The maximum absolute atomic E-state index is 13.4. The molecular weight excluding hydrogens is 365 g/mol. The summed E-state index contributed by atoms with van der Waals surface area (Å²) < 4.78 is 39.4. The van der Waals surface area contributed by atoms with Gasteiger partial charge >= 0.3 is 0 Å². The molecule has 2 fully saturated rings. The summed E-state index contributed by atoms with van der Waals surface area (Å²) in [6.45, 7) is 5.12. The number of hydrogen-bond acceptors (Lipinski definition) is 4. The van der Waals surface area contributed by atoms with Crippen LogP contribution in [0.5, 0.6) is 0 Å². The number of anilines is 3. The lowest BCUT2D eigenvalue weighted by molar-refractivity contribution is 0.151. The predicted molar refractivity (Wildman–Crippen MR) is 104 cm³/mol. The van der Waals surface area contributed by atoms with Crippen molar-refractivity contribution in [1.82, 2.24) is 9.97 Å². The summed E-state index contributed by atoms with van der Waals surface area (Å²) in [5.74, 6) is 2.08. The van der Waals surface area contributed by atoms with E-state index in [0.29, 0.717) is 30.6 Å². The lowest BCUT2D eigenvalue weighted by Gasteiger charge is -2.47. The fourth-order valence-electron chi connectivity index (χ4n) is 4.18. The van der Waals surface area contributed by atoms with Gasteiger partial charge < -0.3 is 10.2 Å². The zero-order chi connectivity index (χ0) is 19.9. The lowest BCUT2D eigenvalue weighted by Crippen LogP contribution is -2.49. The first-order chi connectivity index (χ1) is 13.4. The first-order valence-electron chi connectivity index (χ1n) is 9.80. The molecule has 3 heterocycles. The zero-order valence-corrected chi connectivity index (χ0v) is 16.1. The van der Waals surface area contributed by atoms with Crippen molar-refractivity contribution < 1.29 is 13.2 Å². The molecule has 0 atom stereocenters. The Labute approximate surface area is 163 Å². The highest BCUT2D eigenvalue weighted by Gasteiger charge is 2.42. The van der Waals surface area contributed by atoms with Crippen molar-refractivity contribution in [3.05, 3.63) is 41.6 Å². The highest BCUT2D eigenvalue weighted by atomic mass is 19.3. The van der Waals surface area contributed by atoms with Crippen LogP contribution >= 0.6 is 0 Å². The second-order valence-electron chi connectivity index (χ2n) is 8.17. The molecule has 1 aliphatic carbocycles. The molecule has 7 heteroatoms. The van der Waals surface area contributed by atoms with Crippen LogP contribution in [0.1, 0.15) is 50.7 Å². The van der Waals surface area contributed by atoms with Gasteiger partial charge in [-0.3, -0.25) is 0 Å². The Morgan fingerprint density at radius 2 is 1.89 bits per heavy atom. The minimum atomic E-state index is -2.56. The van der Waals surface area contributed by atoms with Gasteiger partial charge in [0.2, 0.25) is 0 Å². The van der Waals surface area contributed by atoms with E-state index in [1.54, 1.807) is 0 Å². The molecule has 1 aliphatic heterocycles. The maximum atomic E-state index is 13.4. The lowest BCUT2D eigenvalue weighted by atomic mass is 9.58. The number of rotatable bonds is 6. The van der Waals surface area contributed by atoms with E-state index in [1.807, 2.05) is 11.0 Å². The SMILES string of the molecule is CC(C)C1(c2cc(Nc3cc(C(F)F)ccn3)nc(N3CC(F)C3)c2)CCC1. The zero-order valence-electron chi connectivity index (χ0n) is 16.1. The van der Waals surface area contributed by atoms with Crippen LogP contribution in [0.3, 0.4) is 0 Å². The van der Waals surface area contributed by atoms with Crippen molar-refractivity contribution >= 4 is 17.5 Å². The summed E-state index contributed by atoms with van der Waals surface area (Å²) in [5, 5.41) is 3.08. The number of pyridine rings is 2. The van der Waals surface area contributed by atoms with Crippen LogP contribution in [-0.2, 0) is 5.41 Å². The summed E-state index contributed by atoms with van der Waals surface area (Å²) in [6.07, 6.45) is 1.39. The number of nitrogens with zero attached hydrogens (tertiary/aromatic N) is 3. The molecule has 0 radical (unpaired) electrons. The van der Waals surface area contributed by atoms with Crippen molar-refractivity contribution in [3.63, 3.8) is 0 Å². The van der Waals surface area contributed by atoms with Gasteiger partial charge in [0, 0.05) is 11.8 Å². The van der Waals surface area contributed by atoms with Crippen molar-refractivity contribution in [1.29, 1.82) is 0 Å². The Morgan fingerprint density at radius 3 is 2.46 bits per heavy atom. The molecule has 0 spiro atoms. The third-order valence-corrected chi connectivity index (χ3v) is 6.19. The molecule has 1 N–H and O–H groups in total. The smallest absolute Gasteiger partial charge is 0.264 e. The van der Waals surface area contributed by atoms with E-state index in [4.69, 9.17) is 0 Å². The number of hydrogen-bond donors (Lipinski definition) is 1. The molecule has 2 aromatic rings. The largest absolute Gasteiger partial charge is 0.351 e. The van der Waals surface area contributed by atoms with E-state index in [-0.39, 0.29) is 11.0 Å².